The topological polar surface area (TPSA) is 55.4 Å². The van der Waals surface area contributed by atoms with Crippen molar-refractivity contribution in [1.29, 1.82) is 0 Å². The van der Waals surface area contributed by atoms with Crippen LogP contribution in [-0.2, 0) is 38.5 Å². The van der Waals surface area contributed by atoms with Crippen molar-refractivity contribution in [3.63, 3.8) is 0 Å². The zero-order valence-electron chi connectivity index (χ0n) is 48.4. The van der Waals surface area contributed by atoms with E-state index in [-0.39, 0.29) is 0 Å². The first-order chi connectivity index (χ1) is 35.4. The molecule has 0 bridgehead atoms. The molecule has 0 radical (unpaired) electrons. The number of rotatable bonds is 24. The van der Waals surface area contributed by atoms with Crippen molar-refractivity contribution in [3.05, 3.63) is 176 Å². The number of benzene rings is 6. The van der Waals surface area contributed by atoms with Crippen molar-refractivity contribution in [1.82, 2.24) is 0 Å². The van der Waals surface area contributed by atoms with Crippen LogP contribution in [0.4, 0.5) is 0 Å². The van der Waals surface area contributed by atoms with Crippen LogP contribution in [0.5, 0.6) is 34.5 Å². The predicted octanol–water partition coefficient (Wildman–Crippen LogP) is 21.0. The van der Waals surface area contributed by atoms with Crippen LogP contribution >= 0.6 is 17.2 Å². The van der Waals surface area contributed by atoms with Crippen molar-refractivity contribution in [3.8, 4) is 34.5 Å². The lowest BCUT2D eigenvalue weighted by Crippen LogP contribution is -2.10. The van der Waals surface area contributed by atoms with Crippen LogP contribution in [0.15, 0.2) is 109 Å². The fourth-order valence-electron chi connectivity index (χ4n) is 10.2. The first kappa shape index (κ1) is 59.9. The Kier molecular flexibility index (Phi) is 23.3. The van der Waals surface area contributed by atoms with Gasteiger partial charge < -0.3 is 27.1 Å². The monoisotopic (exact) mass is 1040 g/mol. The fraction of sp³-hybridized carbons (Fsp3) is 0.455. The molecule has 6 aromatic carbocycles. The summed E-state index contributed by atoms with van der Waals surface area (Å²) in [5.74, 6) is 7.13. The molecule has 6 rings (SSSR count). The molecular formula is C66H90O6P2. The van der Waals surface area contributed by atoms with Gasteiger partial charge in [-0.3, -0.25) is 0 Å². The van der Waals surface area contributed by atoms with Crippen LogP contribution in [0.1, 0.15) is 227 Å². The lowest BCUT2D eigenvalue weighted by atomic mass is 9.90. The van der Waals surface area contributed by atoms with Crippen molar-refractivity contribution < 1.29 is 27.1 Å². The lowest BCUT2D eigenvalue weighted by Gasteiger charge is -2.27. The van der Waals surface area contributed by atoms with Crippen molar-refractivity contribution in [2.45, 2.75) is 199 Å². The second kappa shape index (κ2) is 28.8. The molecule has 0 aromatic heterocycles. The average Bonchev–Trinajstić information content (AvgIpc) is 3.37. The minimum Gasteiger partial charge on any atom is -0.408 e. The van der Waals surface area contributed by atoms with Gasteiger partial charge in [0, 0.05) is 16.7 Å². The highest BCUT2D eigenvalue weighted by Crippen LogP contribution is 2.51. The smallest absolute Gasteiger partial charge is 0.408 e. The van der Waals surface area contributed by atoms with Gasteiger partial charge in [0.1, 0.15) is 34.5 Å². The van der Waals surface area contributed by atoms with E-state index in [4.69, 9.17) is 27.1 Å². The Balaban J connectivity index is 0.000000278. The molecule has 0 fully saturated rings. The highest BCUT2D eigenvalue weighted by Gasteiger charge is 2.30. The summed E-state index contributed by atoms with van der Waals surface area (Å²) in [5, 5.41) is 0. The van der Waals surface area contributed by atoms with E-state index in [1.165, 1.54) is 66.8 Å². The Morgan fingerprint density at radius 2 is 0.486 bits per heavy atom. The molecule has 0 aliphatic rings. The Morgan fingerprint density at radius 1 is 0.270 bits per heavy atom. The van der Waals surface area contributed by atoms with Gasteiger partial charge in [0.2, 0.25) is 0 Å². The quantitative estimate of drug-likeness (QED) is 0.0563. The molecule has 400 valence electrons. The molecule has 0 aliphatic carbocycles. The fourth-order valence-corrected chi connectivity index (χ4v) is 12.3. The lowest BCUT2D eigenvalue weighted by molar-refractivity contribution is 0.379. The normalized spacial score (nSPS) is 11.6. The molecule has 0 aliphatic heterocycles. The van der Waals surface area contributed by atoms with Gasteiger partial charge >= 0.3 is 17.2 Å². The molecule has 0 atom stereocenters. The van der Waals surface area contributed by atoms with Crippen molar-refractivity contribution in [2.24, 2.45) is 0 Å². The summed E-state index contributed by atoms with van der Waals surface area (Å²) in [6, 6.07) is 37.9. The molecule has 8 heteroatoms. The van der Waals surface area contributed by atoms with Crippen LogP contribution in [0.25, 0.3) is 0 Å². The summed E-state index contributed by atoms with van der Waals surface area (Å²) in [6.45, 7) is 39.8. The Hall–Kier alpha value is -5.02. The predicted molar refractivity (Wildman–Crippen MR) is 317 cm³/mol. The third kappa shape index (κ3) is 15.1. The van der Waals surface area contributed by atoms with Gasteiger partial charge in [0.15, 0.2) is 0 Å². The average molecular weight is 1040 g/mol. The second-order valence-corrected chi connectivity index (χ2v) is 23.0. The second-order valence-electron chi connectivity index (χ2n) is 21.0. The minimum absolute atomic E-state index is 0.302. The summed E-state index contributed by atoms with van der Waals surface area (Å²) in [4.78, 5) is 0. The maximum Gasteiger partial charge on any atom is 0.530 e. The van der Waals surface area contributed by atoms with E-state index in [9.17, 15) is 0 Å². The van der Waals surface area contributed by atoms with Crippen molar-refractivity contribution >= 4 is 17.2 Å². The molecule has 0 amide bonds. The standard InChI is InChI=1S/C36H51O3P.C30H39O3P/c1-22(2)28-16-13-19-31(34(28)25(7)8)37-40(38-32-20-14-17-29(23(3)4)35(32)26(9)10)39-33-21-15-18-30(24(5)6)36(33)27(11)12;1-7-22-16-13-19-28(25(22)10-4)31-34(32-29-20-14-17-23(8-2)26(29)11-5)33-30-21-15-18-24(9-3)27(30)12-6/h13-27H,1-12H3;13-21H,7-12H2,1-6H3. The summed E-state index contributed by atoms with van der Waals surface area (Å²) >= 11 is 0. The van der Waals surface area contributed by atoms with Crippen LogP contribution in [0.3, 0.4) is 0 Å². The van der Waals surface area contributed by atoms with E-state index in [0.717, 1.165) is 73.0 Å². The molecule has 0 unspecified atom stereocenters. The van der Waals surface area contributed by atoms with E-state index in [1.807, 2.05) is 18.2 Å². The van der Waals surface area contributed by atoms with Gasteiger partial charge in [-0.25, -0.2) is 0 Å². The minimum atomic E-state index is -1.81. The summed E-state index contributed by atoms with van der Waals surface area (Å²) in [5.41, 5.74) is 15.2. The summed E-state index contributed by atoms with van der Waals surface area (Å²) in [6.07, 6.45) is 5.62. The van der Waals surface area contributed by atoms with E-state index in [0.29, 0.717) is 35.5 Å². The molecule has 74 heavy (non-hydrogen) atoms. The number of hydrogen-bond acceptors (Lipinski definition) is 6. The van der Waals surface area contributed by atoms with E-state index >= 15 is 0 Å². The molecule has 0 heterocycles. The van der Waals surface area contributed by atoms with Gasteiger partial charge in [-0.1, -0.05) is 197 Å². The maximum absolute atomic E-state index is 6.80. The van der Waals surface area contributed by atoms with Crippen LogP contribution < -0.4 is 27.1 Å². The van der Waals surface area contributed by atoms with Gasteiger partial charge in [-0.05, 0) is 161 Å². The SMILES string of the molecule is CC(C)c1cccc(OP(Oc2cccc(C(C)C)c2C(C)C)Oc2cccc(C(C)C)c2C(C)C)c1C(C)C.CCc1cccc(OP(Oc2cccc(CC)c2CC)Oc2cccc(CC)c2CC)c1CC. The molecule has 0 spiro atoms. The van der Waals surface area contributed by atoms with Crippen LogP contribution in [0, 0.1) is 0 Å². The summed E-state index contributed by atoms with van der Waals surface area (Å²) < 4.78 is 40.0. The van der Waals surface area contributed by atoms with E-state index in [1.54, 1.807) is 0 Å². The first-order valence-electron chi connectivity index (χ1n) is 27.8. The van der Waals surface area contributed by atoms with E-state index < -0.39 is 17.2 Å². The molecule has 0 saturated heterocycles. The third-order valence-electron chi connectivity index (χ3n) is 13.8. The van der Waals surface area contributed by atoms with Gasteiger partial charge in [-0.2, -0.15) is 0 Å². The van der Waals surface area contributed by atoms with E-state index in [2.05, 4.69) is 216 Å². The highest BCUT2D eigenvalue weighted by molar-refractivity contribution is 7.43. The molecule has 0 saturated carbocycles. The zero-order valence-corrected chi connectivity index (χ0v) is 50.2. The number of hydrogen-bond donors (Lipinski definition) is 0. The Labute approximate surface area is 451 Å². The molecular weight excluding hydrogens is 951 g/mol. The molecule has 6 aromatic rings. The van der Waals surface area contributed by atoms with Crippen molar-refractivity contribution in [2.75, 3.05) is 0 Å². The summed E-state index contributed by atoms with van der Waals surface area (Å²) in [7, 11) is -3.51. The first-order valence-corrected chi connectivity index (χ1v) is 30.0. The molecule has 6 nitrogen and oxygen atoms in total. The third-order valence-corrected chi connectivity index (χ3v) is 15.9. The Morgan fingerprint density at radius 3 is 0.689 bits per heavy atom. The highest BCUT2D eigenvalue weighted by atomic mass is 31.2. The van der Waals surface area contributed by atoms with Gasteiger partial charge in [0.25, 0.3) is 0 Å². The maximum atomic E-state index is 6.80. The largest absolute Gasteiger partial charge is 0.530 e. The molecule has 0 N–H and O–H groups in total. The number of aryl methyl sites for hydroxylation is 3. The Bertz CT molecular complexity index is 2410. The van der Waals surface area contributed by atoms with Gasteiger partial charge in [0.05, 0.1) is 0 Å². The van der Waals surface area contributed by atoms with Gasteiger partial charge in [-0.15, -0.1) is 0 Å². The zero-order chi connectivity index (χ0) is 54.2. The van der Waals surface area contributed by atoms with Crippen LogP contribution in [0.2, 0.25) is 0 Å². The van der Waals surface area contributed by atoms with Crippen LogP contribution in [-0.4, -0.2) is 0 Å².